The Morgan fingerprint density at radius 2 is 1.52 bits per heavy atom. The van der Waals surface area contributed by atoms with Crippen molar-refractivity contribution in [2.24, 2.45) is 4.99 Å². The summed E-state index contributed by atoms with van der Waals surface area (Å²) in [6.45, 7) is 5.60. The quantitative estimate of drug-likeness (QED) is 0.330. The number of amides is 2. The van der Waals surface area contributed by atoms with Crippen molar-refractivity contribution in [1.82, 2.24) is 15.1 Å². The number of nitrogens with one attached hydrogen (secondary N) is 1. The molecular formula is C23H31N5O2S. The first-order valence-corrected chi connectivity index (χ1v) is 12.2. The highest BCUT2D eigenvalue weighted by Gasteiger charge is 2.28. The van der Waals surface area contributed by atoms with E-state index in [0.717, 1.165) is 51.6 Å². The second-order valence-electron chi connectivity index (χ2n) is 8.31. The van der Waals surface area contributed by atoms with E-state index in [1.54, 1.807) is 18.2 Å². The maximum absolute atomic E-state index is 13.3. The standard InChI is InChI=1S/C23H31N5O2S/c1-16-8-4-6-10-27(16)21(29)18-12-19(22(30)28-11-7-5-9-17(28)2)14-20(13-18)26-23(31-3)25-15-24/h12-14,16-17H,4-11H2,1-3H3,(H,25,26). The summed E-state index contributed by atoms with van der Waals surface area (Å²) in [4.78, 5) is 35.0. The summed E-state index contributed by atoms with van der Waals surface area (Å²) in [5.41, 5.74) is 1.44. The molecule has 0 saturated carbocycles. The molecule has 166 valence electrons. The molecule has 2 saturated heterocycles. The van der Waals surface area contributed by atoms with Crippen LogP contribution >= 0.6 is 11.8 Å². The Labute approximate surface area is 188 Å². The van der Waals surface area contributed by atoms with Gasteiger partial charge in [0.05, 0.1) is 5.69 Å². The molecule has 0 radical (unpaired) electrons. The summed E-state index contributed by atoms with van der Waals surface area (Å²) >= 11 is 1.30. The molecular weight excluding hydrogens is 410 g/mol. The van der Waals surface area contributed by atoms with Crippen LogP contribution in [0.3, 0.4) is 0 Å². The van der Waals surface area contributed by atoms with Crippen molar-refractivity contribution < 1.29 is 9.59 Å². The Morgan fingerprint density at radius 1 is 1.00 bits per heavy atom. The van der Waals surface area contributed by atoms with Crippen LogP contribution in [0, 0.1) is 11.5 Å². The van der Waals surface area contributed by atoms with Gasteiger partial charge < -0.3 is 9.80 Å². The molecule has 0 aromatic heterocycles. The molecule has 1 N–H and O–H groups in total. The van der Waals surface area contributed by atoms with Crippen molar-refractivity contribution in [3.63, 3.8) is 0 Å². The van der Waals surface area contributed by atoms with Crippen LogP contribution < -0.4 is 5.32 Å². The lowest BCUT2D eigenvalue weighted by molar-refractivity contribution is 0.0634. The molecule has 1 aromatic carbocycles. The summed E-state index contributed by atoms with van der Waals surface area (Å²) in [7, 11) is 0. The van der Waals surface area contributed by atoms with E-state index >= 15 is 0 Å². The van der Waals surface area contributed by atoms with Gasteiger partial charge in [-0.3, -0.25) is 14.9 Å². The van der Waals surface area contributed by atoms with Gasteiger partial charge in [0.25, 0.3) is 11.8 Å². The Balaban J connectivity index is 2.00. The number of carbonyl (C=O) groups excluding carboxylic acids is 2. The van der Waals surface area contributed by atoms with Crippen molar-refractivity contribution >= 4 is 34.4 Å². The van der Waals surface area contributed by atoms with Crippen LogP contribution in [0.1, 0.15) is 73.1 Å². The van der Waals surface area contributed by atoms with Crippen LogP contribution in [0.2, 0.25) is 0 Å². The number of aliphatic imine (C=N–C) groups is 1. The van der Waals surface area contributed by atoms with Gasteiger partial charge in [0.15, 0.2) is 11.4 Å². The minimum Gasteiger partial charge on any atom is -0.336 e. The Kier molecular flexibility index (Phi) is 7.97. The van der Waals surface area contributed by atoms with Gasteiger partial charge in [-0.15, -0.1) is 0 Å². The molecule has 7 nitrogen and oxygen atoms in total. The predicted molar refractivity (Wildman–Crippen MR) is 124 cm³/mol. The zero-order valence-corrected chi connectivity index (χ0v) is 19.4. The number of hydrogen-bond donors (Lipinski definition) is 1. The van der Waals surface area contributed by atoms with E-state index in [0.29, 0.717) is 22.0 Å². The lowest BCUT2D eigenvalue weighted by atomic mass is 9.99. The number of rotatable bonds is 3. The smallest absolute Gasteiger partial charge is 0.254 e. The summed E-state index contributed by atoms with van der Waals surface area (Å²) < 4.78 is 0. The van der Waals surface area contributed by atoms with Gasteiger partial charge in [0, 0.05) is 36.3 Å². The second-order valence-corrected chi connectivity index (χ2v) is 9.11. The van der Waals surface area contributed by atoms with E-state index < -0.39 is 0 Å². The molecule has 31 heavy (non-hydrogen) atoms. The van der Waals surface area contributed by atoms with Crippen LogP contribution in [-0.4, -0.2) is 58.2 Å². The molecule has 2 aliphatic rings. The molecule has 2 aliphatic heterocycles. The van der Waals surface area contributed by atoms with Gasteiger partial charge in [-0.05, 0) is 76.8 Å². The summed E-state index contributed by atoms with van der Waals surface area (Å²) in [6, 6.07) is 5.50. The van der Waals surface area contributed by atoms with Gasteiger partial charge in [-0.2, -0.15) is 5.26 Å². The number of amidine groups is 1. The highest BCUT2D eigenvalue weighted by molar-refractivity contribution is 8.13. The maximum atomic E-state index is 13.3. The first-order valence-electron chi connectivity index (χ1n) is 11.0. The van der Waals surface area contributed by atoms with Crippen molar-refractivity contribution in [1.29, 1.82) is 5.26 Å². The Bertz CT molecular complexity index is 842. The number of benzene rings is 1. The zero-order valence-electron chi connectivity index (χ0n) is 18.6. The number of carbonyl (C=O) groups is 2. The van der Waals surface area contributed by atoms with E-state index in [1.165, 1.54) is 11.8 Å². The molecule has 2 atom stereocenters. The van der Waals surface area contributed by atoms with Crippen LogP contribution in [0.5, 0.6) is 0 Å². The van der Waals surface area contributed by atoms with Crippen molar-refractivity contribution in [2.75, 3.05) is 19.3 Å². The predicted octanol–water partition coefficient (Wildman–Crippen LogP) is 4.14. The van der Waals surface area contributed by atoms with Gasteiger partial charge in [0.2, 0.25) is 0 Å². The van der Waals surface area contributed by atoms with Crippen molar-refractivity contribution in [3.05, 3.63) is 29.3 Å². The van der Waals surface area contributed by atoms with Gasteiger partial charge in [-0.1, -0.05) is 11.8 Å². The molecule has 2 amide bonds. The highest BCUT2D eigenvalue weighted by Crippen LogP contribution is 2.26. The number of likely N-dealkylation sites (tertiary alicyclic amines) is 2. The number of hydrogen-bond acceptors (Lipinski definition) is 5. The zero-order chi connectivity index (χ0) is 22.4. The van der Waals surface area contributed by atoms with Gasteiger partial charge in [-0.25, -0.2) is 4.99 Å². The number of piperidine rings is 2. The molecule has 8 heteroatoms. The van der Waals surface area contributed by atoms with E-state index in [9.17, 15) is 9.59 Å². The fourth-order valence-corrected chi connectivity index (χ4v) is 4.69. The van der Waals surface area contributed by atoms with Crippen LogP contribution in [0.15, 0.2) is 23.2 Å². The van der Waals surface area contributed by atoms with E-state index in [1.807, 2.05) is 22.2 Å². The molecule has 2 unspecified atom stereocenters. The molecule has 1 aromatic rings. The fraction of sp³-hybridized carbons (Fsp3) is 0.565. The van der Waals surface area contributed by atoms with E-state index in [2.05, 4.69) is 24.2 Å². The minimum atomic E-state index is -0.0658. The third-order valence-electron chi connectivity index (χ3n) is 6.13. The summed E-state index contributed by atoms with van der Waals surface area (Å²) in [6.07, 6.45) is 9.91. The fourth-order valence-electron chi connectivity index (χ4n) is 4.34. The van der Waals surface area contributed by atoms with Crippen molar-refractivity contribution in [2.45, 2.75) is 64.5 Å². The molecule has 0 bridgehead atoms. The van der Waals surface area contributed by atoms with Crippen molar-refractivity contribution in [3.8, 4) is 6.19 Å². The monoisotopic (exact) mass is 441 g/mol. The minimum absolute atomic E-state index is 0.0658. The first kappa shape index (κ1) is 23.1. The highest BCUT2D eigenvalue weighted by atomic mass is 32.2. The molecule has 0 spiro atoms. The number of nitrogens with zero attached hydrogens (tertiary/aromatic N) is 4. The lowest BCUT2D eigenvalue weighted by Gasteiger charge is -2.34. The first-order chi connectivity index (χ1) is 14.9. The Hall–Kier alpha value is -2.53. The van der Waals surface area contributed by atoms with Crippen LogP contribution in [-0.2, 0) is 0 Å². The molecule has 2 fully saturated rings. The SMILES string of the molecule is CSC(=Nc1cc(C(=O)N2CCCCC2C)cc(C(=O)N2CCCCC2C)c1)NC#N. The van der Waals surface area contributed by atoms with E-state index in [4.69, 9.17) is 5.26 Å². The second kappa shape index (κ2) is 10.7. The maximum Gasteiger partial charge on any atom is 0.254 e. The largest absolute Gasteiger partial charge is 0.336 e. The Morgan fingerprint density at radius 3 is 1.94 bits per heavy atom. The molecule has 3 rings (SSSR count). The average molecular weight is 442 g/mol. The van der Waals surface area contributed by atoms with E-state index in [-0.39, 0.29) is 23.9 Å². The molecule has 0 aliphatic carbocycles. The normalized spacial score (nSPS) is 22.1. The molecule has 2 heterocycles. The lowest BCUT2D eigenvalue weighted by Crippen LogP contribution is -2.43. The number of nitriles is 1. The average Bonchev–Trinajstić information content (AvgIpc) is 2.78. The van der Waals surface area contributed by atoms with Gasteiger partial charge >= 0.3 is 0 Å². The topological polar surface area (TPSA) is 88.8 Å². The summed E-state index contributed by atoms with van der Waals surface area (Å²) in [5.74, 6) is -0.132. The number of thioether (sulfide) groups is 1. The van der Waals surface area contributed by atoms with Crippen LogP contribution in [0.25, 0.3) is 0 Å². The third kappa shape index (κ3) is 5.59. The summed E-state index contributed by atoms with van der Waals surface area (Å²) in [5, 5.41) is 11.9. The van der Waals surface area contributed by atoms with Crippen LogP contribution in [0.4, 0.5) is 5.69 Å². The van der Waals surface area contributed by atoms with Gasteiger partial charge in [0.1, 0.15) is 0 Å². The third-order valence-corrected chi connectivity index (χ3v) is 6.71.